The lowest BCUT2D eigenvalue weighted by Crippen LogP contribution is -2.52. The van der Waals surface area contributed by atoms with Gasteiger partial charge in [0.25, 0.3) is 11.8 Å². The maximum Gasteiger partial charge on any atom is 0.404 e. The number of nitrogens with zero attached hydrogens (tertiary/aromatic N) is 5. The van der Waals surface area contributed by atoms with Gasteiger partial charge in [-0.15, -0.1) is 0 Å². The van der Waals surface area contributed by atoms with Crippen molar-refractivity contribution >= 4 is 35.4 Å². The average molecular weight is 1040 g/mol. The van der Waals surface area contributed by atoms with Crippen molar-refractivity contribution in [3.05, 3.63) is 129 Å². The molecule has 21 heteroatoms. The molecule has 4 aromatic rings. The fourth-order valence-electron chi connectivity index (χ4n) is 11.4. The number of amides is 6. The van der Waals surface area contributed by atoms with Crippen LogP contribution in [0.2, 0.25) is 0 Å². The molecule has 10 rings (SSSR count). The molecular formula is C54H55F6N7O8. The fourth-order valence-corrected chi connectivity index (χ4v) is 11.4. The van der Waals surface area contributed by atoms with Crippen LogP contribution in [0.5, 0.6) is 11.5 Å². The fraction of sp³-hybridized carbons (Fsp3) is 0.444. The normalized spacial score (nSPS) is 23.1. The van der Waals surface area contributed by atoms with Crippen LogP contribution in [-0.2, 0) is 58.6 Å². The Balaban J connectivity index is 0.825. The van der Waals surface area contributed by atoms with Gasteiger partial charge in [0, 0.05) is 74.4 Å². The number of nitrogens with one attached hydrogen (secondary N) is 2. The number of ether oxygens (including phenoxy) is 2. The summed E-state index contributed by atoms with van der Waals surface area (Å²) in [5.74, 6) is -2.29. The van der Waals surface area contributed by atoms with Crippen molar-refractivity contribution in [2.75, 3.05) is 39.3 Å². The Labute approximate surface area is 428 Å². The first kappa shape index (κ1) is 51.6. The third-order valence-electron chi connectivity index (χ3n) is 15.3. The monoisotopic (exact) mass is 1040 g/mol. The number of likely N-dealkylation sites (tertiary alicyclic amines) is 1. The third kappa shape index (κ3) is 11.4. The second kappa shape index (κ2) is 21.1. The molecule has 0 bridgehead atoms. The predicted molar refractivity (Wildman–Crippen MR) is 257 cm³/mol. The van der Waals surface area contributed by atoms with Crippen molar-refractivity contribution in [1.82, 2.24) is 35.1 Å². The molecule has 4 aromatic carbocycles. The minimum Gasteiger partial charge on any atom is -0.489 e. The van der Waals surface area contributed by atoms with E-state index >= 15 is 13.2 Å². The van der Waals surface area contributed by atoms with E-state index in [9.17, 15) is 41.9 Å². The van der Waals surface area contributed by atoms with Crippen LogP contribution >= 0.6 is 0 Å². The smallest absolute Gasteiger partial charge is 0.404 e. The molecule has 6 amide bonds. The van der Waals surface area contributed by atoms with Gasteiger partial charge in [-0.2, -0.15) is 26.3 Å². The summed E-state index contributed by atoms with van der Waals surface area (Å²) in [4.78, 5) is 83.5. The van der Waals surface area contributed by atoms with Gasteiger partial charge in [-0.1, -0.05) is 54.6 Å². The summed E-state index contributed by atoms with van der Waals surface area (Å²) >= 11 is 0. The molecule has 0 radical (unpaired) electrons. The quantitative estimate of drug-likeness (QED) is 0.107. The van der Waals surface area contributed by atoms with E-state index in [1.54, 1.807) is 60.7 Å². The Kier molecular flexibility index (Phi) is 14.5. The number of carbonyl (C=O) groups is 6. The zero-order chi connectivity index (χ0) is 52.8. The summed E-state index contributed by atoms with van der Waals surface area (Å²) in [6.07, 6.45) is -8.15. The van der Waals surface area contributed by atoms with Crippen LogP contribution in [0.3, 0.4) is 0 Å². The van der Waals surface area contributed by atoms with E-state index in [1.807, 2.05) is 23.1 Å². The first-order valence-corrected chi connectivity index (χ1v) is 25.2. The summed E-state index contributed by atoms with van der Waals surface area (Å²) in [5, 5.41) is 4.60. The molecule has 4 fully saturated rings. The molecule has 3 unspecified atom stereocenters. The molecule has 0 saturated carbocycles. The molecule has 0 spiro atoms. The van der Waals surface area contributed by atoms with Crippen molar-refractivity contribution < 1.29 is 64.6 Å². The molecule has 0 aliphatic carbocycles. The van der Waals surface area contributed by atoms with Crippen LogP contribution < -0.4 is 20.1 Å². The minimum atomic E-state index is -4.59. The largest absolute Gasteiger partial charge is 0.489 e. The number of rotatable bonds is 14. The van der Waals surface area contributed by atoms with Crippen LogP contribution in [0.1, 0.15) is 104 Å². The maximum absolute atomic E-state index is 15.3. The standard InChI is InChI=1S/C54H55F6N7O8/c55-53(56,57)31-64-21-19-63(20-22-64)25-34-11-12-36(30-75-45-6-2-4-38-41(45)28-67(52(38)73)43-14-16-48(69)62-50(43)71)39(23-34)35-17-18-65(46(24-35)54(58,59)60)26-32-7-9-33(10-8-32)29-74-44-5-1-3-37-40(44)27-66(51(37)72)42-13-15-47(68)61-49(42)70/h1-12,23,35,42-43,46H,13-22,24-31H2,(H,61,68,70)(H,62,69,71)/t35?,42?,43?,46-/m0/s1. The van der Waals surface area contributed by atoms with Gasteiger partial charge in [0.1, 0.15) is 42.8 Å². The van der Waals surface area contributed by atoms with Gasteiger partial charge in [-0.05, 0) is 90.2 Å². The van der Waals surface area contributed by atoms with Crippen molar-refractivity contribution in [3.63, 3.8) is 0 Å². The molecule has 75 heavy (non-hydrogen) atoms. The van der Waals surface area contributed by atoms with Crippen LogP contribution in [0.25, 0.3) is 0 Å². The van der Waals surface area contributed by atoms with E-state index in [4.69, 9.17) is 9.47 Å². The number of imide groups is 2. The Morgan fingerprint density at radius 1 is 0.573 bits per heavy atom. The molecule has 6 aliphatic heterocycles. The first-order chi connectivity index (χ1) is 35.8. The van der Waals surface area contributed by atoms with Crippen molar-refractivity contribution in [2.45, 2.75) is 114 Å². The highest BCUT2D eigenvalue weighted by Crippen LogP contribution is 2.42. The number of hydrogen-bond donors (Lipinski definition) is 2. The molecular weight excluding hydrogens is 989 g/mol. The molecule has 15 nitrogen and oxygen atoms in total. The van der Waals surface area contributed by atoms with Crippen molar-refractivity contribution in [1.29, 1.82) is 0 Å². The predicted octanol–water partition coefficient (Wildman–Crippen LogP) is 6.36. The van der Waals surface area contributed by atoms with Gasteiger partial charge in [0.2, 0.25) is 23.6 Å². The zero-order valence-electron chi connectivity index (χ0n) is 40.8. The van der Waals surface area contributed by atoms with Crippen LogP contribution in [-0.4, -0.2) is 130 Å². The average Bonchev–Trinajstić information content (AvgIpc) is 3.89. The molecule has 6 aliphatic rings. The number of piperazine rings is 1. The van der Waals surface area contributed by atoms with E-state index in [-0.39, 0.29) is 102 Å². The first-order valence-electron chi connectivity index (χ1n) is 25.2. The molecule has 6 heterocycles. The van der Waals surface area contributed by atoms with Gasteiger partial charge in [-0.3, -0.25) is 54.1 Å². The molecule has 0 aromatic heterocycles. The van der Waals surface area contributed by atoms with Gasteiger partial charge in [-0.25, -0.2) is 0 Å². The highest BCUT2D eigenvalue weighted by atomic mass is 19.4. The minimum absolute atomic E-state index is 0.0204. The van der Waals surface area contributed by atoms with Crippen molar-refractivity contribution in [2.24, 2.45) is 0 Å². The van der Waals surface area contributed by atoms with Crippen LogP contribution in [0.15, 0.2) is 78.9 Å². The number of halogens is 6. The Hall–Kier alpha value is -6.84. The number of hydrogen-bond acceptors (Lipinski definition) is 11. The highest BCUT2D eigenvalue weighted by Gasteiger charge is 2.48. The second-order valence-electron chi connectivity index (χ2n) is 20.2. The molecule has 4 atom stereocenters. The number of fused-ring (bicyclic) bond motifs is 2. The lowest BCUT2D eigenvalue weighted by atomic mass is 9.82. The molecule has 396 valence electrons. The number of carbonyl (C=O) groups excluding carboxylic acids is 6. The van der Waals surface area contributed by atoms with E-state index < -0.39 is 60.7 Å². The Bertz CT molecular complexity index is 2890. The summed E-state index contributed by atoms with van der Waals surface area (Å²) in [6.45, 7) is 0.990. The van der Waals surface area contributed by atoms with E-state index in [0.29, 0.717) is 76.5 Å². The molecule has 2 N–H and O–H groups in total. The topological polar surface area (TPSA) is 161 Å². The van der Waals surface area contributed by atoms with Crippen LogP contribution in [0, 0.1) is 0 Å². The lowest BCUT2D eigenvalue weighted by Gasteiger charge is -2.41. The lowest BCUT2D eigenvalue weighted by molar-refractivity contribution is -0.194. The van der Waals surface area contributed by atoms with Crippen LogP contribution in [0.4, 0.5) is 26.3 Å². The summed E-state index contributed by atoms with van der Waals surface area (Å²) in [6, 6.07) is 19.3. The molecule has 4 saturated heterocycles. The number of piperidine rings is 3. The maximum atomic E-state index is 15.3. The second-order valence-corrected chi connectivity index (χ2v) is 20.2. The van der Waals surface area contributed by atoms with Crippen molar-refractivity contribution in [3.8, 4) is 11.5 Å². The highest BCUT2D eigenvalue weighted by molar-refractivity contribution is 6.06. The number of alkyl halides is 6. The zero-order valence-corrected chi connectivity index (χ0v) is 40.8. The van der Waals surface area contributed by atoms with E-state index in [1.165, 1.54) is 19.6 Å². The Morgan fingerprint density at radius 3 is 1.65 bits per heavy atom. The van der Waals surface area contributed by atoms with E-state index in [2.05, 4.69) is 10.6 Å². The van der Waals surface area contributed by atoms with Gasteiger partial charge in [0.15, 0.2) is 0 Å². The summed E-state index contributed by atoms with van der Waals surface area (Å²) in [5.41, 5.74) is 5.46. The summed E-state index contributed by atoms with van der Waals surface area (Å²) in [7, 11) is 0. The van der Waals surface area contributed by atoms with Gasteiger partial charge in [0.05, 0.1) is 19.6 Å². The third-order valence-corrected chi connectivity index (χ3v) is 15.3. The van der Waals surface area contributed by atoms with E-state index in [0.717, 1.165) is 11.1 Å². The SMILES string of the molecule is O=C1CCC(N2Cc3c(OCc4ccc(CN5CCC(c6cc(CN7CCN(CC(F)(F)F)CC7)ccc6COc6cccc7c6CN(C6CCC(=O)NC6=O)C7=O)C[C@H]5C(F)(F)F)cc4)cccc3C2=O)C(=O)N1. The number of benzene rings is 4. The summed E-state index contributed by atoms with van der Waals surface area (Å²) < 4.78 is 97.8. The van der Waals surface area contributed by atoms with Gasteiger partial charge >= 0.3 is 12.4 Å². The van der Waals surface area contributed by atoms with Gasteiger partial charge < -0.3 is 19.3 Å². The Morgan fingerprint density at radius 2 is 1.11 bits per heavy atom.